The summed E-state index contributed by atoms with van der Waals surface area (Å²) in [5, 5.41) is 12.7. The van der Waals surface area contributed by atoms with E-state index in [2.05, 4.69) is 21.2 Å². The van der Waals surface area contributed by atoms with Crippen LogP contribution in [0, 0.1) is 0 Å². The van der Waals surface area contributed by atoms with E-state index < -0.39 is 12.0 Å². The molecule has 6 heteroatoms. The van der Waals surface area contributed by atoms with Crippen LogP contribution in [-0.4, -0.2) is 34.9 Å². The molecule has 0 aromatic heterocycles. The van der Waals surface area contributed by atoms with Crippen molar-refractivity contribution in [2.75, 3.05) is 11.9 Å². The lowest BCUT2D eigenvalue weighted by Crippen LogP contribution is -2.40. The summed E-state index contributed by atoms with van der Waals surface area (Å²) in [6.45, 7) is 0.550. The molecule has 0 fully saturated rings. The van der Waals surface area contributed by atoms with Crippen LogP contribution in [0.1, 0.15) is 57.8 Å². The van der Waals surface area contributed by atoms with E-state index in [0.717, 1.165) is 43.9 Å². The number of carbonyl (C=O) groups is 2. The van der Waals surface area contributed by atoms with Crippen LogP contribution in [0.5, 0.6) is 0 Å². The van der Waals surface area contributed by atoms with Gasteiger partial charge in [0.15, 0.2) is 0 Å². The first-order valence-electron chi connectivity index (χ1n) is 7.40. The van der Waals surface area contributed by atoms with Crippen LogP contribution in [0.15, 0.2) is 0 Å². The minimum atomic E-state index is -0.965. The number of hydrogen-bond donors (Lipinski definition) is 3. The van der Waals surface area contributed by atoms with Crippen LogP contribution in [0.4, 0.5) is 0 Å². The first kappa shape index (κ1) is 19.4. The van der Waals surface area contributed by atoms with Crippen molar-refractivity contribution in [1.29, 1.82) is 0 Å². The van der Waals surface area contributed by atoms with Crippen molar-refractivity contribution in [3.8, 4) is 0 Å². The standard InChI is InChI=1S/C14H27BrN2O3/c15-10-6-3-1-2-4-9-13(18)17-12(14(19)20)8-5-7-11-16/h12H,1-11,16H2,(H,17,18)(H,19,20)/t12-/m0/s1. The average Bonchev–Trinajstić information content (AvgIpc) is 2.41. The zero-order chi connectivity index (χ0) is 15.2. The number of halogens is 1. The van der Waals surface area contributed by atoms with E-state index in [1.165, 1.54) is 6.42 Å². The Bertz CT molecular complexity index is 275. The second-order valence-electron chi connectivity index (χ2n) is 4.95. The Kier molecular flexibility index (Phi) is 13.0. The molecule has 1 amide bonds. The van der Waals surface area contributed by atoms with Crippen LogP contribution >= 0.6 is 15.9 Å². The Morgan fingerprint density at radius 2 is 1.70 bits per heavy atom. The lowest BCUT2D eigenvalue weighted by atomic mass is 10.1. The van der Waals surface area contributed by atoms with Gasteiger partial charge in [-0.1, -0.05) is 35.2 Å². The van der Waals surface area contributed by atoms with Crippen molar-refractivity contribution >= 4 is 27.8 Å². The second kappa shape index (κ2) is 13.4. The van der Waals surface area contributed by atoms with E-state index >= 15 is 0 Å². The van der Waals surface area contributed by atoms with Crippen molar-refractivity contribution in [2.45, 2.75) is 63.8 Å². The maximum absolute atomic E-state index is 11.7. The molecule has 0 saturated carbocycles. The maximum Gasteiger partial charge on any atom is 0.326 e. The molecule has 0 aliphatic rings. The van der Waals surface area contributed by atoms with Gasteiger partial charge >= 0.3 is 5.97 Å². The molecule has 118 valence electrons. The highest BCUT2D eigenvalue weighted by molar-refractivity contribution is 9.09. The predicted molar refractivity (Wildman–Crippen MR) is 84.0 cm³/mol. The summed E-state index contributed by atoms with van der Waals surface area (Å²) in [7, 11) is 0. The number of amides is 1. The third-order valence-electron chi connectivity index (χ3n) is 3.12. The van der Waals surface area contributed by atoms with Crippen molar-refractivity contribution in [1.82, 2.24) is 5.32 Å². The highest BCUT2D eigenvalue weighted by atomic mass is 79.9. The molecular weight excluding hydrogens is 324 g/mol. The number of unbranched alkanes of at least 4 members (excludes halogenated alkanes) is 5. The van der Waals surface area contributed by atoms with Crippen molar-refractivity contribution < 1.29 is 14.7 Å². The minimum Gasteiger partial charge on any atom is -0.480 e. The molecule has 4 N–H and O–H groups in total. The SMILES string of the molecule is NCCCC[C@H](NC(=O)CCCCCCCBr)C(=O)O. The van der Waals surface area contributed by atoms with E-state index in [1.54, 1.807) is 0 Å². The smallest absolute Gasteiger partial charge is 0.326 e. The van der Waals surface area contributed by atoms with E-state index in [0.29, 0.717) is 19.4 Å². The largest absolute Gasteiger partial charge is 0.480 e. The van der Waals surface area contributed by atoms with Crippen molar-refractivity contribution in [2.24, 2.45) is 5.73 Å². The first-order valence-corrected chi connectivity index (χ1v) is 8.52. The molecule has 0 heterocycles. The van der Waals surface area contributed by atoms with Gasteiger partial charge in [0.1, 0.15) is 6.04 Å². The fraction of sp³-hybridized carbons (Fsp3) is 0.857. The van der Waals surface area contributed by atoms with E-state index in [1.807, 2.05) is 0 Å². The van der Waals surface area contributed by atoms with Crippen LogP contribution < -0.4 is 11.1 Å². The summed E-state index contributed by atoms with van der Waals surface area (Å²) >= 11 is 3.38. The topological polar surface area (TPSA) is 92.4 Å². The Balaban J connectivity index is 3.75. The van der Waals surface area contributed by atoms with Gasteiger partial charge in [-0.3, -0.25) is 4.79 Å². The summed E-state index contributed by atoms with van der Waals surface area (Å²) in [6, 6.07) is -0.776. The number of alkyl halides is 1. The number of hydrogen-bond acceptors (Lipinski definition) is 3. The van der Waals surface area contributed by atoms with Crippen LogP contribution in [0.25, 0.3) is 0 Å². The number of carboxylic acid groups (broad SMARTS) is 1. The Morgan fingerprint density at radius 1 is 1.05 bits per heavy atom. The van der Waals surface area contributed by atoms with Crippen molar-refractivity contribution in [3.05, 3.63) is 0 Å². The van der Waals surface area contributed by atoms with E-state index in [4.69, 9.17) is 10.8 Å². The first-order chi connectivity index (χ1) is 9.61. The normalized spacial score (nSPS) is 12.1. The van der Waals surface area contributed by atoms with Gasteiger partial charge in [0.05, 0.1) is 0 Å². The van der Waals surface area contributed by atoms with Gasteiger partial charge in [0, 0.05) is 11.8 Å². The van der Waals surface area contributed by atoms with Crippen LogP contribution in [0.2, 0.25) is 0 Å². The lowest BCUT2D eigenvalue weighted by molar-refractivity contribution is -0.142. The molecular formula is C14H27BrN2O3. The summed E-state index contributed by atoms with van der Waals surface area (Å²) in [5.41, 5.74) is 5.37. The lowest BCUT2D eigenvalue weighted by Gasteiger charge is -2.14. The monoisotopic (exact) mass is 350 g/mol. The number of carboxylic acids is 1. The maximum atomic E-state index is 11.7. The molecule has 0 rings (SSSR count). The fourth-order valence-corrected chi connectivity index (χ4v) is 2.32. The van der Waals surface area contributed by atoms with Gasteiger partial charge in [0.2, 0.25) is 5.91 Å². The fourth-order valence-electron chi connectivity index (χ4n) is 1.93. The van der Waals surface area contributed by atoms with Gasteiger partial charge in [-0.05, 0) is 38.6 Å². The van der Waals surface area contributed by atoms with Crippen molar-refractivity contribution in [3.63, 3.8) is 0 Å². The molecule has 0 aliphatic heterocycles. The zero-order valence-electron chi connectivity index (χ0n) is 12.1. The number of nitrogens with two attached hydrogens (primary N) is 1. The number of rotatable bonds is 13. The van der Waals surface area contributed by atoms with E-state index in [-0.39, 0.29) is 5.91 Å². The van der Waals surface area contributed by atoms with Crippen LogP contribution in [0.3, 0.4) is 0 Å². The zero-order valence-corrected chi connectivity index (χ0v) is 13.7. The molecule has 1 atom stereocenters. The second-order valence-corrected chi connectivity index (χ2v) is 5.74. The van der Waals surface area contributed by atoms with Gasteiger partial charge in [0.25, 0.3) is 0 Å². The molecule has 0 unspecified atom stereocenters. The van der Waals surface area contributed by atoms with Gasteiger partial charge in [-0.2, -0.15) is 0 Å². The minimum absolute atomic E-state index is 0.161. The highest BCUT2D eigenvalue weighted by Crippen LogP contribution is 2.07. The predicted octanol–water partition coefficient (Wildman–Crippen LogP) is 2.42. The molecule has 0 radical (unpaired) electrons. The molecule has 0 spiro atoms. The average molecular weight is 351 g/mol. The molecule has 0 saturated heterocycles. The van der Waals surface area contributed by atoms with Crippen LogP contribution in [-0.2, 0) is 9.59 Å². The number of nitrogens with one attached hydrogen (secondary N) is 1. The molecule has 0 aromatic rings. The summed E-state index contributed by atoms with van der Waals surface area (Å²) in [5.74, 6) is -1.13. The Morgan fingerprint density at radius 3 is 2.30 bits per heavy atom. The third kappa shape index (κ3) is 11.2. The molecule has 0 aromatic carbocycles. The number of aliphatic carboxylic acids is 1. The molecule has 0 bridgehead atoms. The Labute approximate surface area is 129 Å². The van der Waals surface area contributed by atoms with Gasteiger partial charge in [-0.25, -0.2) is 4.79 Å². The number of carbonyl (C=O) groups excluding carboxylic acids is 1. The summed E-state index contributed by atoms with van der Waals surface area (Å²) in [4.78, 5) is 22.7. The Hall–Kier alpha value is -0.620. The molecule has 5 nitrogen and oxygen atoms in total. The highest BCUT2D eigenvalue weighted by Gasteiger charge is 2.18. The molecule has 0 aliphatic carbocycles. The van der Waals surface area contributed by atoms with Gasteiger partial charge in [-0.15, -0.1) is 0 Å². The summed E-state index contributed by atoms with van der Waals surface area (Å²) in [6.07, 6.45) is 7.66. The summed E-state index contributed by atoms with van der Waals surface area (Å²) < 4.78 is 0. The quantitative estimate of drug-likeness (QED) is 0.351. The van der Waals surface area contributed by atoms with Gasteiger partial charge < -0.3 is 16.2 Å². The third-order valence-corrected chi connectivity index (χ3v) is 3.68. The molecule has 20 heavy (non-hydrogen) atoms. The van der Waals surface area contributed by atoms with E-state index in [9.17, 15) is 9.59 Å².